The number of nitrogens with zero attached hydrogens (tertiary/aromatic N) is 9. The zero-order valence-corrected chi connectivity index (χ0v) is 29.3. The first-order valence-corrected chi connectivity index (χ1v) is 16.7. The molecule has 2 aromatic carbocycles. The summed E-state index contributed by atoms with van der Waals surface area (Å²) in [6, 6.07) is 27.4. The molecule has 262 valence electrons. The predicted molar refractivity (Wildman–Crippen MR) is 208 cm³/mol. The molecule has 0 spiro atoms. The third-order valence-corrected chi connectivity index (χ3v) is 8.91. The quantitative estimate of drug-likeness (QED) is 0.137. The zero-order chi connectivity index (χ0) is 36.9. The SMILES string of the molecule is C=Cc1c(N=C)ncn(Cc2ccc(-c3ccnc(N(C)Cc4ccc5c(=O)n(Cc6ccc(-c7ccnc(OC)c7)cc6)cnc5n4)c3)cc2)c1=O. The molecule has 5 aromatic heterocycles. The maximum Gasteiger partial charge on any atom is 0.263 e. The summed E-state index contributed by atoms with van der Waals surface area (Å²) in [4.78, 5) is 54.3. The molecule has 0 saturated heterocycles. The van der Waals surface area contributed by atoms with Crippen LogP contribution in [0.3, 0.4) is 0 Å². The van der Waals surface area contributed by atoms with E-state index in [1.165, 1.54) is 17.0 Å². The number of benzene rings is 2. The van der Waals surface area contributed by atoms with Crippen LogP contribution in [0.4, 0.5) is 11.6 Å². The van der Waals surface area contributed by atoms with E-state index in [-0.39, 0.29) is 16.9 Å². The van der Waals surface area contributed by atoms with Gasteiger partial charge in [0.05, 0.1) is 43.4 Å². The third-order valence-electron chi connectivity index (χ3n) is 8.91. The van der Waals surface area contributed by atoms with Gasteiger partial charge in [0.25, 0.3) is 11.1 Å². The Hall–Kier alpha value is -7.08. The Morgan fingerprint density at radius 2 is 1.38 bits per heavy atom. The van der Waals surface area contributed by atoms with Crippen molar-refractivity contribution in [1.29, 1.82) is 0 Å². The number of pyridine rings is 3. The minimum Gasteiger partial charge on any atom is -0.481 e. The highest BCUT2D eigenvalue weighted by Crippen LogP contribution is 2.25. The Labute approximate surface area is 305 Å². The van der Waals surface area contributed by atoms with Crippen LogP contribution in [0.25, 0.3) is 39.4 Å². The lowest BCUT2D eigenvalue weighted by Crippen LogP contribution is -2.23. The number of ether oxygens (including phenoxy) is 1. The van der Waals surface area contributed by atoms with E-state index in [0.717, 1.165) is 44.9 Å². The normalized spacial score (nSPS) is 11.0. The molecule has 0 aliphatic heterocycles. The Bertz CT molecular complexity index is 2580. The lowest BCUT2D eigenvalue weighted by Gasteiger charge is -2.19. The predicted octanol–water partition coefficient (Wildman–Crippen LogP) is 6.19. The van der Waals surface area contributed by atoms with Gasteiger partial charge in [-0.15, -0.1) is 0 Å². The maximum atomic E-state index is 13.4. The van der Waals surface area contributed by atoms with Crippen molar-refractivity contribution in [2.24, 2.45) is 4.99 Å². The van der Waals surface area contributed by atoms with Gasteiger partial charge in [0.1, 0.15) is 18.5 Å². The van der Waals surface area contributed by atoms with Crippen LogP contribution >= 0.6 is 0 Å². The van der Waals surface area contributed by atoms with E-state index in [9.17, 15) is 9.59 Å². The summed E-state index contributed by atoms with van der Waals surface area (Å²) in [5.74, 6) is 1.58. The van der Waals surface area contributed by atoms with Crippen LogP contribution in [0.2, 0.25) is 0 Å². The van der Waals surface area contributed by atoms with Crippen molar-refractivity contribution in [3.63, 3.8) is 0 Å². The van der Waals surface area contributed by atoms with Gasteiger partial charge in [-0.05, 0) is 70.4 Å². The molecule has 12 nitrogen and oxygen atoms in total. The molecule has 0 saturated carbocycles. The van der Waals surface area contributed by atoms with E-state index >= 15 is 0 Å². The van der Waals surface area contributed by atoms with Gasteiger partial charge in [-0.3, -0.25) is 18.7 Å². The smallest absolute Gasteiger partial charge is 0.263 e. The Kier molecular flexibility index (Phi) is 9.75. The lowest BCUT2D eigenvalue weighted by molar-refractivity contribution is 0.398. The summed E-state index contributed by atoms with van der Waals surface area (Å²) in [5.41, 5.74) is 7.03. The third kappa shape index (κ3) is 7.38. The summed E-state index contributed by atoms with van der Waals surface area (Å²) in [5, 5.41) is 0.455. The average Bonchev–Trinajstić information content (AvgIpc) is 3.20. The van der Waals surface area contributed by atoms with Crippen LogP contribution in [0.15, 0.2) is 131 Å². The molecule has 0 N–H and O–H groups in total. The van der Waals surface area contributed by atoms with Crippen LogP contribution in [-0.4, -0.2) is 54.9 Å². The summed E-state index contributed by atoms with van der Waals surface area (Å²) < 4.78 is 8.36. The van der Waals surface area contributed by atoms with E-state index in [1.54, 1.807) is 36.5 Å². The van der Waals surface area contributed by atoms with E-state index in [4.69, 9.17) is 9.72 Å². The standard InChI is InChI=1S/C41H35N9O3/c1-5-34-38(42-2)45-25-49(40(34)51)22-27-6-10-29(11-7-27)31-16-18-43-36(20-31)48(3)24-33-14-15-35-39(47-33)46-26-50(41(35)52)23-28-8-12-30(13-9-28)32-17-19-44-37(21-32)53-4/h5-21,25-26H,1-2,22-24H2,3-4H3. The Balaban J connectivity index is 1.02. The fourth-order valence-electron chi connectivity index (χ4n) is 6.03. The number of methoxy groups -OCH3 is 1. The first-order valence-electron chi connectivity index (χ1n) is 16.7. The van der Waals surface area contributed by atoms with Gasteiger partial charge in [0, 0.05) is 25.5 Å². The van der Waals surface area contributed by atoms with Crippen LogP contribution in [0.5, 0.6) is 5.88 Å². The molecule has 5 heterocycles. The zero-order valence-electron chi connectivity index (χ0n) is 29.3. The van der Waals surface area contributed by atoms with Gasteiger partial charge in [0.15, 0.2) is 11.5 Å². The van der Waals surface area contributed by atoms with Crippen LogP contribution < -0.4 is 20.8 Å². The van der Waals surface area contributed by atoms with Gasteiger partial charge >= 0.3 is 0 Å². The molecule has 53 heavy (non-hydrogen) atoms. The van der Waals surface area contributed by atoms with E-state index in [2.05, 4.69) is 38.2 Å². The molecule has 0 radical (unpaired) electrons. The minimum absolute atomic E-state index is 0.154. The molecule has 12 heteroatoms. The number of hydrogen-bond donors (Lipinski definition) is 0. The molecular formula is C41H35N9O3. The molecule has 0 atom stereocenters. The fourth-order valence-corrected chi connectivity index (χ4v) is 6.03. The number of rotatable bonds is 12. The summed E-state index contributed by atoms with van der Waals surface area (Å²) in [7, 11) is 3.54. The van der Waals surface area contributed by atoms with Gasteiger partial charge in [-0.25, -0.2) is 29.9 Å². The first kappa shape index (κ1) is 34.4. The van der Waals surface area contributed by atoms with Crippen molar-refractivity contribution >= 4 is 35.5 Å². The van der Waals surface area contributed by atoms with Gasteiger partial charge in [-0.1, -0.05) is 61.2 Å². The average molecular weight is 702 g/mol. The second-order valence-electron chi connectivity index (χ2n) is 12.4. The number of anilines is 1. The molecule has 0 aliphatic rings. The molecular weight excluding hydrogens is 667 g/mol. The van der Waals surface area contributed by atoms with E-state index in [0.29, 0.717) is 42.1 Å². The van der Waals surface area contributed by atoms with Crippen molar-refractivity contribution in [2.45, 2.75) is 19.6 Å². The van der Waals surface area contributed by atoms with Crippen molar-refractivity contribution < 1.29 is 4.74 Å². The van der Waals surface area contributed by atoms with E-state index < -0.39 is 0 Å². The number of hydrogen-bond acceptors (Lipinski definition) is 10. The number of fused-ring (bicyclic) bond motifs is 1. The monoisotopic (exact) mass is 701 g/mol. The highest BCUT2D eigenvalue weighted by Gasteiger charge is 2.12. The Morgan fingerprint density at radius 1 is 0.755 bits per heavy atom. The summed E-state index contributed by atoms with van der Waals surface area (Å²) >= 11 is 0. The molecule has 0 aliphatic carbocycles. The van der Waals surface area contributed by atoms with Gasteiger partial charge < -0.3 is 9.64 Å². The number of aliphatic imine (C=N–C) groups is 1. The second kappa shape index (κ2) is 15.0. The topological polar surface area (TPSA) is 133 Å². The summed E-state index contributed by atoms with van der Waals surface area (Å²) in [6.07, 6.45) is 7.96. The van der Waals surface area contributed by atoms with E-state index in [1.807, 2.05) is 90.8 Å². The van der Waals surface area contributed by atoms with Crippen molar-refractivity contribution in [3.8, 4) is 28.1 Å². The van der Waals surface area contributed by atoms with Crippen molar-refractivity contribution in [1.82, 2.24) is 34.1 Å². The first-order chi connectivity index (χ1) is 25.8. The van der Waals surface area contributed by atoms with Crippen LogP contribution in [0, 0.1) is 0 Å². The fraction of sp³-hybridized carbons (Fsp3) is 0.122. The van der Waals surface area contributed by atoms with Crippen molar-refractivity contribution in [3.05, 3.63) is 160 Å². The second-order valence-corrected chi connectivity index (χ2v) is 12.4. The highest BCUT2D eigenvalue weighted by molar-refractivity contribution is 5.73. The van der Waals surface area contributed by atoms with Gasteiger partial charge in [0.2, 0.25) is 5.88 Å². The largest absolute Gasteiger partial charge is 0.481 e. The Morgan fingerprint density at radius 3 is 2.02 bits per heavy atom. The molecule has 7 aromatic rings. The number of aromatic nitrogens is 7. The summed E-state index contributed by atoms with van der Waals surface area (Å²) in [6.45, 7) is 8.38. The minimum atomic E-state index is -0.223. The molecule has 7 rings (SSSR count). The van der Waals surface area contributed by atoms with Crippen LogP contribution in [-0.2, 0) is 19.6 Å². The van der Waals surface area contributed by atoms with Crippen LogP contribution in [0.1, 0.15) is 22.4 Å². The molecule has 0 amide bonds. The highest BCUT2D eigenvalue weighted by atomic mass is 16.5. The maximum absolute atomic E-state index is 13.4. The molecule has 0 unspecified atom stereocenters. The molecule has 0 fully saturated rings. The molecule has 0 bridgehead atoms. The lowest BCUT2D eigenvalue weighted by atomic mass is 10.0. The van der Waals surface area contributed by atoms with Gasteiger partial charge in [-0.2, -0.15) is 0 Å². The van der Waals surface area contributed by atoms with Crippen molar-refractivity contribution in [2.75, 3.05) is 19.1 Å².